The first-order chi connectivity index (χ1) is 15.2. The molecule has 178 valence electrons. The van der Waals surface area contributed by atoms with E-state index in [9.17, 15) is 14.4 Å². The van der Waals surface area contributed by atoms with Gasteiger partial charge in [0, 0.05) is 16.7 Å². The molecule has 0 amide bonds. The molecule has 0 aliphatic carbocycles. The highest BCUT2D eigenvalue weighted by atomic mass is 16.3. The molecule has 0 saturated heterocycles. The highest BCUT2D eigenvalue weighted by Gasteiger charge is 1.98. The number of aryl methyl sites for hydroxylation is 3. The highest BCUT2D eigenvalue weighted by Crippen LogP contribution is 2.23. The summed E-state index contributed by atoms with van der Waals surface area (Å²) in [4.78, 5) is 30.5. The lowest BCUT2D eigenvalue weighted by molar-refractivity contribution is 0.111. The number of rotatable bonds is 3. The molecule has 3 aromatic carbocycles. The predicted molar refractivity (Wildman–Crippen MR) is 133 cm³/mol. The zero-order valence-corrected chi connectivity index (χ0v) is 19.0. The quantitative estimate of drug-likeness (QED) is 0.321. The molecule has 3 N–H and O–H groups in total. The monoisotopic (exact) mass is 454 g/mol. The number of carbonyl (C=O) groups excluding carboxylic acids is 3. The number of hydrogen-bond acceptors (Lipinski definition) is 6. The van der Waals surface area contributed by atoms with Gasteiger partial charge < -0.3 is 15.3 Å². The molecule has 0 aromatic heterocycles. The Labute approximate surface area is 196 Å². The summed E-state index contributed by atoms with van der Waals surface area (Å²) in [6, 6.07) is 14.4. The van der Waals surface area contributed by atoms with Gasteiger partial charge >= 0.3 is 0 Å². The Morgan fingerprint density at radius 3 is 1.30 bits per heavy atom. The van der Waals surface area contributed by atoms with E-state index in [1.54, 1.807) is 19.1 Å². The second kappa shape index (κ2) is 16.7. The SMILES string of the molecule is C.CC.Cc1ccc(C=O)cc1C.Cc1ccc(C=O)cc1O.O=Cc1ccc(O)c(O)c1. The fraction of sp³-hybridized carbons (Fsp3) is 0.222. The van der Waals surface area contributed by atoms with Gasteiger partial charge in [-0.1, -0.05) is 45.5 Å². The van der Waals surface area contributed by atoms with Crippen molar-refractivity contribution in [3.05, 3.63) is 88.0 Å². The van der Waals surface area contributed by atoms with Crippen molar-refractivity contribution in [2.75, 3.05) is 0 Å². The van der Waals surface area contributed by atoms with Gasteiger partial charge in [0.05, 0.1) is 0 Å². The Morgan fingerprint density at radius 2 is 0.909 bits per heavy atom. The molecule has 0 atom stereocenters. The van der Waals surface area contributed by atoms with Crippen LogP contribution in [-0.4, -0.2) is 34.2 Å². The number of phenols is 3. The van der Waals surface area contributed by atoms with Gasteiger partial charge in [0.25, 0.3) is 0 Å². The molecule has 0 aliphatic heterocycles. The molecule has 33 heavy (non-hydrogen) atoms. The Bertz CT molecular complexity index is 893. The van der Waals surface area contributed by atoms with Crippen LogP contribution in [0.3, 0.4) is 0 Å². The van der Waals surface area contributed by atoms with Gasteiger partial charge in [0.1, 0.15) is 24.6 Å². The van der Waals surface area contributed by atoms with Crippen LogP contribution in [0.15, 0.2) is 54.6 Å². The Balaban J connectivity index is 0. The van der Waals surface area contributed by atoms with Gasteiger partial charge in [-0.05, 0) is 67.8 Å². The van der Waals surface area contributed by atoms with Crippen LogP contribution in [-0.2, 0) is 0 Å². The van der Waals surface area contributed by atoms with Crippen molar-refractivity contribution in [3.8, 4) is 17.2 Å². The molecule has 0 radical (unpaired) electrons. The van der Waals surface area contributed by atoms with Crippen molar-refractivity contribution in [1.82, 2.24) is 0 Å². The van der Waals surface area contributed by atoms with Crippen molar-refractivity contribution < 1.29 is 29.7 Å². The van der Waals surface area contributed by atoms with Crippen LogP contribution < -0.4 is 0 Å². The van der Waals surface area contributed by atoms with E-state index in [0.717, 1.165) is 17.4 Å². The van der Waals surface area contributed by atoms with E-state index < -0.39 is 0 Å². The average molecular weight is 455 g/mol. The van der Waals surface area contributed by atoms with Crippen molar-refractivity contribution in [3.63, 3.8) is 0 Å². The third-order valence-electron chi connectivity index (χ3n) is 4.17. The molecule has 0 unspecified atom stereocenters. The smallest absolute Gasteiger partial charge is 0.158 e. The zero-order valence-electron chi connectivity index (χ0n) is 19.0. The van der Waals surface area contributed by atoms with E-state index >= 15 is 0 Å². The fourth-order valence-electron chi connectivity index (χ4n) is 2.15. The summed E-state index contributed by atoms with van der Waals surface area (Å²) in [6.45, 7) is 9.82. The summed E-state index contributed by atoms with van der Waals surface area (Å²) < 4.78 is 0. The van der Waals surface area contributed by atoms with E-state index in [1.165, 1.54) is 35.4 Å². The minimum absolute atomic E-state index is 0. The lowest BCUT2D eigenvalue weighted by Crippen LogP contribution is -1.84. The number of aromatic hydroxyl groups is 3. The van der Waals surface area contributed by atoms with E-state index in [-0.39, 0.29) is 24.7 Å². The lowest BCUT2D eigenvalue weighted by Gasteiger charge is -1.97. The summed E-state index contributed by atoms with van der Waals surface area (Å²) in [7, 11) is 0. The largest absolute Gasteiger partial charge is 0.508 e. The second-order valence-electron chi connectivity index (χ2n) is 6.49. The fourth-order valence-corrected chi connectivity index (χ4v) is 2.15. The Hall–Kier alpha value is -3.93. The van der Waals surface area contributed by atoms with Crippen LogP contribution in [0.5, 0.6) is 17.2 Å². The molecular weight excluding hydrogens is 420 g/mol. The minimum Gasteiger partial charge on any atom is -0.508 e. The van der Waals surface area contributed by atoms with Gasteiger partial charge in [-0.25, -0.2) is 0 Å². The molecule has 0 saturated carbocycles. The standard InChI is InChI=1S/C9H10O.C8H8O2.C7H6O3.C2H6.CH4/c1-7-3-4-9(6-10)5-8(7)2;1-6-2-3-7(5-9)4-8(6)10;8-4-5-1-2-6(9)7(10)3-5;1-2;/h3-6H,1-2H3;2-5,10H,1H3;1-4,9-10H;1-2H3;1H4. The summed E-state index contributed by atoms with van der Waals surface area (Å²) >= 11 is 0. The molecule has 0 aliphatic rings. The van der Waals surface area contributed by atoms with Gasteiger partial charge in [0.2, 0.25) is 0 Å². The van der Waals surface area contributed by atoms with E-state index in [4.69, 9.17) is 15.3 Å². The summed E-state index contributed by atoms with van der Waals surface area (Å²) in [5, 5.41) is 26.7. The van der Waals surface area contributed by atoms with Crippen LogP contribution in [0.25, 0.3) is 0 Å². The molecule has 6 nitrogen and oxygen atoms in total. The van der Waals surface area contributed by atoms with Gasteiger partial charge in [-0.15, -0.1) is 0 Å². The minimum atomic E-state index is -0.274. The highest BCUT2D eigenvalue weighted by molar-refractivity contribution is 5.76. The maximum Gasteiger partial charge on any atom is 0.158 e. The topological polar surface area (TPSA) is 112 Å². The third-order valence-corrected chi connectivity index (χ3v) is 4.17. The number of phenolic OH excluding ortho intramolecular Hbond substituents is 3. The van der Waals surface area contributed by atoms with E-state index in [0.29, 0.717) is 23.7 Å². The number of benzene rings is 3. The molecule has 0 heterocycles. The van der Waals surface area contributed by atoms with E-state index in [1.807, 2.05) is 45.9 Å². The number of carbonyl (C=O) groups is 3. The van der Waals surface area contributed by atoms with Crippen molar-refractivity contribution >= 4 is 18.9 Å². The number of aldehydes is 3. The summed E-state index contributed by atoms with van der Waals surface area (Å²) in [5.74, 6) is -0.320. The van der Waals surface area contributed by atoms with Crippen LogP contribution in [0.4, 0.5) is 0 Å². The molecule has 0 fully saturated rings. The maximum atomic E-state index is 10.3. The third kappa shape index (κ3) is 11.3. The van der Waals surface area contributed by atoms with Gasteiger partial charge in [-0.3, -0.25) is 14.4 Å². The molecule has 3 aromatic rings. The van der Waals surface area contributed by atoms with Crippen LogP contribution in [0.2, 0.25) is 0 Å². The van der Waals surface area contributed by atoms with Crippen LogP contribution >= 0.6 is 0 Å². The maximum absolute atomic E-state index is 10.3. The van der Waals surface area contributed by atoms with Crippen LogP contribution in [0.1, 0.15) is 69.0 Å². The van der Waals surface area contributed by atoms with Crippen LogP contribution in [0, 0.1) is 20.8 Å². The molecule has 0 spiro atoms. The van der Waals surface area contributed by atoms with Crippen molar-refractivity contribution in [2.24, 2.45) is 0 Å². The first kappa shape index (κ1) is 31.3. The molecule has 6 heteroatoms. The normalized spacial score (nSPS) is 8.64. The van der Waals surface area contributed by atoms with Gasteiger partial charge in [-0.2, -0.15) is 0 Å². The zero-order chi connectivity index (χ0) is 24.7. The average Bonchev–Trinajstić information content (AvgIpc) is 2.81. The number of hydrogen-bond donors (Lipinski definition) is 3. The first-order valence-corrected chi connectivity index (χ1v) is 9.96. The van der Waals surface area contributed by atoms with Gasteiger partial charge in [0.15, 0.2) is 11.5 Å². The van der Waals surface area contributed by atoms with Crippen molar-refractivity contribution in [2.45, 2.75) is 42.0 Å². The van der Waals surface area contributed by atoms with Crippen molar-refractivity contribution in [1.29, 1.82) is 0 Å². The Kier molecular flexibility index (Phi) is 15.8. The predicted octanol–water partition coefficient (Wildman–Crippen LogP) is 6.20. The van der Waals surface area contributed by atoms with E-state index in [2.05, 4.69) is 0 Å². The Morgan fingerprint density at radius 1 is 0.515 bits per heavy atom. The molecule has 0 bridgehead atoms. The summed E-state index contributed by atoms with van der Waals surface area (Å²) in [6.07, 6.45) is 2.17. The molecular formula is C27H34O6. The lowest BCUT2D eigenvalue weighted by atomic mass is 10.1. The molecule has 3 rings (SSSR count). The summed E-state index contributed by atoms with van der Waals surface area (Å²) in [5.41, 5.74) is 4.78. The second-order valence-corrected chi connectivity index (χ2v) is 6.49. The first-order valence-electron chi connectivity index (χ1n) is 9.96.